The Labute approximate surface area is 141 Å². The molecule has 0 saturated carbocycles. The van der Waals surface area contributed by atoms with Crippen molar-refractivity contribution in [2.24, 2.45) is 4.99 Å². The Kier molecular flexibility index (Phi) is 6.87. The molecule has 0 fully saturated rings. The molecule has 0 aliphatic rings. The average Bonchev–Trinajstić information content (AvgIpc) is 3.02. The molecule has 2 rings (SSSR count). The Morgan fingerprint density at radius 2 is 2.00 bits per heavy atom. The van der Waals surface area contributed by atoms with Gasteiger partial charge >= 0.3 is 0 Å². The third-order valence-electron chi connectivity index (χ3n) is 3.04. The van der Waals surface area contributed by atoms with Crippen LogP contribution in [0.25, 0.3) is 11.4 Å². The second kappa shape index (κ2) is 9.15. The molecule has 1 aromatic heterocycles. The summed E-state index contributed by atoms with van der Waals surface area (Å²) in [6.45, 7) is 6.45. The summed E-state index contributed by atoms with van der Waals surface area (Å²) in [4.78, 5) is 8.83. The van der Waals surface area contributed by atoms with E-state index in [-0.39, 0.29) is 0 Å². The van der Waals surface area contributed by atoms with Crippen LogP contribution >= 0.6 is 11.6 Å². The molecule has 7 heteroatoms. The fourth-order valence-corrected chi connectivity index (χ4v) is 2.05. The average molecular weight is 336 g/mol. The van der Waals surface area contributed by atoms with Gasteiger partial charge in [-0.25, -0.2) is 0 Å². The number of benzene rings is 1. The molecule has 1 aromatic carbocycles. The molecule has 0 aliphatic carbocycles. The van der Waals surface area contributed by atoms with Gasteiger partial charge in [-0.1, -0.05) is 23.7 Å². The smallest absolute Gasteiger partial charge is 0.228 e. The summed E-state index contributed by atoms with van der Waals surface area (Å²) in [6, 6.07) is 7.36. The van der Waals surface area contributed by atoms with Gasteiger partial charge in [-0.05, 0) is 37.6 Å². The van der Waals surface area contributed by atoms with Gasteiger partial charge in [0, 0.05) is 36.6 Å². The van der Waals surface area contributed by atoms with E-state index in [4.69, 9.17) is 16.1 Å². The van der Waals surface area contributed by atoms with Crippen LogP contribution in [0.5, 0.6) is 0 Å². The molecule has 23 heavy (non-hydrogen) atoms. The summed E-state index contributed by atoms with van der Waals surface area (Å²) >= 11 is 5.87. The van der Waals surface area contributed by atoms with Gasteiger partial charge in [0.05, 0.1) is 0 Å². The second-order valence-corrected chi connectivity index (χ2v) is 5.39. The van der Waals surface area contributed by atoms with Crippen LogP contribution in [-0.4, -0.2) is 35.7 Å². The molecule has 0 amide bonds. The van der Waals surface area contributed by atoms with Gasteiger partial charge in [-0.15, -0.1) is 0 Å². The van der Waals surface area contributed by atoms with E-state index in [2.05, 4.69) is 32.7 Å². The Bertz CT molecular complexity index is 624. The van der Waals surface area contributed by atoms with Crippen molar-refractivity contribution in [3.63, 3.8) is 0 Å². The van der Waals surface area contributed by atoms with E-state index in [9.17, 15) is 0 Å². The number of rotatable bonds is 7. The molecular weight excluding hydrogens is 314 g/mol. The van der Waals surface area contributed by atoms with Gasteiger partial charge in [0.15, 0.2) is 5.96 Å². The Morgan fingerprint density at radius 3 is 2.70 bits per heavy atom. The molecule has 6 nitrogen and oxygen atoms in total. The zero-order valence-electron chi connectivity index (χ0n) is 13.5. The third-order valence-corrected chi connectivity index (χ3v) is 3.29. The maximum Gasteiger partial charge on any atom is 0.228 e. The van der Waals surface area contributed by atoms with Crippen molar-refractivity contribution in [3.05, 3.63) is 35.2 Å². The highest BCUT2D eigenvalue weighted by molar-refractivity contribution is 6.30. The fraction of sp³-hybridized carbons (Fsp3) is 0.438. The van der Waals surface area contributed by atoms with Crippen molar-refractivity contribution in [2.45, 2.75) is 26.7 Å². The monoisotopic (exact) mass is 335 g/mol. The van der Waals surface area contributed by atoms with Crippen LogP contribution in [-0.2, 0) is 6.42 Å². The van der Waals surface area contributed by atoms with Gasteiger partial charge in [0.25, 0.3) is 0 Å². The number of aliphatic imine (C=N–C) groups is 1. The molecule has 2 aromatic rings. The molecule has 1 heterocycles. The minimum Gasteiger partial charge on any atom is -0.357 e. The first kappa shape index (κ1) is 17.3. The lowest BCUT2D eigenvalue weighted by Crippen LogP contribution is -2.38. The van der Waals surface area contributed by atoms with Gasteiger partial charge in [0.1, 0.15) is 0 Å². The van der Waals surface area contributed by atoms with Crippen LogP contribution in [0.3, 0.4) is 0 Å². The summed E-state index contributed by atoms with van der Waals surface area (Å²) in [5.41, 5.74) is 0.884. The maximum absolute atomic E-state index is 5.87. The lowest BCUT2D eigenvalue weighted by atomic mass is 10.2. The van der Waals surface area contributed by atoms with Crippen molar-refractivity contribution < 1.29 is 4.52 Å². The molecule has 0 atom stereocenters. The molecule has 0 unspecified atom stereocenters. The highest BCUT2D eigenvalue weighted by Gasteiger charge is 2.08. The Balaban J connectivity index is 1.88. The lowest BCUT2D eigenvalue weighted by Gasteiger charge is -2.09. The SMILES string of the molecule is CCCN=C(NCC)NCCc1nc(-c2ccc(Cl)cc2)no1. The van der Waals surface area contributed by atoms with E-state index in [1.807, 2.05) is 19.1 Å². The van der Waals surface area contributed by atoms with E-state index >= 15 is 0 Å². The van der Waals surface area contributed by atoms with Crippen molar-refractivity contribution in [1.29, 1.82) is 0 Å². The number of nitrogens with zero attached hydrogens (tertiary/aromatic N) is 3. The molecule has 0 bridgehead atoms. The first-order valence-corrected chi connectivity index (χ1v) is 8.21. The first-order chi connectivity index (χ1) is 11.2. The van der Waals surface area contributed by atoms with Crippen LogP contribution < -0.4 is 10.6 Å². The van der Waals surface area contributed by atoms with E-state index < -0.39 is 0 Å². The topological polar surface area (TPSA) is 75.3 Å². The Morgan fingerprint density at radius 1 is 1.22 bits per heavy atom. The molecule has 124 valence electrons. The number of hydrogen-bond donors (Lipinski definition) is 2. The van der Waals surface area contributed by atoms with Gasteiger partial charge in [-0.2, -0.15) is 4.98 Å². The summed E-state index contributed by atoms with van der Waals surface area (Å²) in [6.07, 6.45) is 1.65. The molecule has 0 saturated heterocycles. The standard InChI is InChI=1S/C16H22ClN5O/c1-3-10-19-16(18-4-2)20-11-9-14-21-15(22-23-14)12-5-7-13(17)8-6-12/h5-8H,3-4,9-11H2,1-2H3,(H2,18,19,20). The van der Waals surface area contributed by atoms with Gasteiger partial charge in [0.2, 0.25) is 11.7 Å². The minimum absolute atomic E-state index is 0.572. The van der Waals surface area contributed by atoms with E-state index in [0.29, 0.717) is 29.7 Å². The summed E-state index contributed by atoms with van der Waals surface area (Å²) in [7, 11) is 0. The normalized spacial score (nSPS) is 11.5. The molecular formula is C16H22ClN5O. The third kappa shape index (κ3) is 5.56. The lowest BCUT2D eigenvalue weighted by molar-refractivity contribution is 0.378. The van der Waals surface area contributed by atoms with Crippen LogP contribution in [0.15, 0.2) is 33.8 Å². The van der Waals surface area contributed by atoms with Crippen LogP contribution in [0.4, 0.5) is 0 Å². The fourth-order valence-electron chi connectivity index (χ4n) is 1.93. The number of guanidine groups is 1. The number of nitrogens with one attached hydrogen (secondary N) is 2. The largest absolute Gasteiger partial charge is 0.357 e. The Hall–Kier alpha value is -2.08. The van der Waals surface area contributed by atoms with E-state index in [0.717, 1.165) is 31.0 Å². The predicted octanol–water partition coefficient (Wildman–Crippen LogP) is 2.90. The molecule has 0 aliphatic heterocycles. The predicted molar refractivity (Wildman–Crippen MR) is 92.7 cm³/mol. The zero-order valence-corrected chi connectivity index (χ0v) is 14.2. The van der Waals surface area contributed by atoms with Gasteiger partial charge in [-0.3, -0.25) is 4.99 Å². The van der Waals surface area contributed by atoms with Crippen molar-refractivity contribution >= 4 is 17.6 Å². The molecule has 2 N–H and O–H groups in total. The highest BCUT2D eigenvalue weighted by atomic mass is 35.5. The quantitative estimate of drug-likeness (QED) is 0.601. The second-order valence-electron chi connectivity index (χ2n) is 4.96. The van der Waals surface area contributed by atoms with Crippen LogP contribution in [0.1, 0.15) is 26.2 Å². The van der Waals surface area contributed by atoms with Crippen LogP contribution in [0, 0.1) is 0 Å². The highest BCUT2D eigenvalue weighted by Crippen LogP contribution is 2.18. The molecule has 0 spiro atoms. The first-order valence-electron chi connectivity index (χ1n) is 7.83. The number of aromatic nitrogens is 2. The van der Waals surface area contributed by atoms with Gasteiger partial charge < -0.3 is 15.2 Å². The summed E-state index contributed by atoms with van der Waals surface area (Å²) < 4.78 is 5.28. The minimum atomic E-state index is 0.572. The van der Waals surface area contributed by atoms with Crippen LogP contribution in [0.2, 0.25) is 5.02 Å². The molecule has 0 radical (unpaired) electrons. The van der Waals surface area contributed by atoms with E-state index in [1.54, 1.807) is 12.1 Å². The summed E-state index contributed by atoms with van der Waals surface area (Å²) in [5.74, 6) is 1.98. The number of hydrogen-bond acceptors (Lipinski definition) is 4. The van der Waals surface area contributed by atoms with Crippen molar-refractivity contribution in [2.75, 3.05) is 19.6 Å². The zero-order chi connectivity index (χ0) is 16.5. The maximum atomic E-state index is 5.87. The van der Waals surface area contributed by atoms with Crippen molar-refractivity contribution in [3.8, 4) is 11.4 Å². The van der Waals surface area contributed by atoms with E-state index in [1.165, 1.54) is 0 Å². The summed E-state index contributed by atoms with van der Waals surface area (Å²) in [5, 5.41) is 11.1. The van der Waals surface area contributed by atoms with Crippen molar-refractivity contribution in [1.82, 2.24) is 20.8 Å². The number of halogens is 1.